The second-order valence-electron chi connectivity index (χ2n) is 15.6. The summed E-state index contributed by atoms with van der Waals surface area (Å²) in [5.41, 5.74) is 0.486. The lowest BCUT2D eigenvalue weighted by molar-refractivity contribution is -0.0949. The van der Waals surface area contributed by atoms with E-state index in [0.717, 1.165) is 31.3 Å². The fraction of sp³-hybridized carbons (Fsp3) is 0.556. The van der Waals surface area contributed by atoms with Crippen LogP contribution >= 0.6 is 0 Å². The van der Waals surface area contributed by atoms with Crippen molar-refractivity contribution in [2.75, 3.05) is 26.2 Å². The predicted octanol–water partition coefficient (Wildman–Crippen LogP) is 8.53. The first kappa shape index (κ1) is 33.8. The van der Waals surface area contributed by atoms with Crippen molar-refractivity contribution in [2.45, 2.75) is 84.8 Å². The molecule has 2 aliphatic heterocycles. The molecular formula is C36H44F4N2O4. The van der Waals surface area contributed by atoms with E-state index in [1.807, 2.05) is 41.5 Å². The van der Waals surface area contributed by atoms with Crippen molar-refractivity contribution in [3.8, 4) is 0 Å². The maximum absolute atomic E-state index is 13.7. The van der Waals surface area contributed by atoms with Crippen LogP contribution in [0.3, 0.4) is 0 Å². The minimum Gasteiger partial charge on any atom is -0.444 e. The van der Waals surface area contributed by atoms with Gasteiger partial charge in [0.25, 0.3) is 0 Å². The number of carbonyl (C=O) groups excluding carboxylic acids is 2. The highest BCUT2D eigenvalue weighted by atomic mass is 19.1. The molecule has 2 aromatic rings. The molecule has 0 N–H and O–H groups in total. The molecule has 0 aromatic heterocycles. The number of rotatable bonds is 3. The fourth-order valence-electron chi connectivity index (χ4n) is 7.11. The van der Waals surface area contributed by atoms with Gasteiger partial charge in [0.05, 0.1) is 0 Å². The topological polar surface area (TPSA) is 59.1 Å². The van der Waals surface area contributed by atoms with Gasteiger partial charge in [-0.25, -0.2) is 27.2 Å². The van der Waals surface area contributed by atoms with Crippen LogP contribution in [0.5, 0.6) is 0 Å². The number of hydrogen-bond donors (Lipinski definition) is 0. The summed E-state index contributed by atoms with van der Waals surface area (Å²) < 4.78 is 65.3. The lowest BCUT2D eigenvalue weighted by atomic mass is 9.56. The second-order valence-corrected chi connectivity index (χ2v) is 15.6. The van der Waals surface area contributed by atoms with Crippen molar-refractivity contribution >= 4 is 18.3 Å². The summed E-state index contributed by atoms with van der Waals surface area (Å²) in [6, 6.07) is 7.89. The van der Waals surface area contributed by atoms with Crippen LogP contribution in [-0.4, -0.2) is 59.4 Å². The van der Waals surface area contributed by atoms with Gasteiger partial charge in [0, 0.05) is 48.1 Å². The van der Waals surface area contributed by atoms with E-state index in [9.17, 15) is 27.2 Å². The number of amides is 2. The van der Waals surface area contributed by atoms with Crippen molar-refractivity contribution in [1.82, 2.24) is 9.80 Å². The lowest BCUT2D eigenvalue weighted by Crippen LogP contribution is -2.64. The summed E-state index contributed by atoms with van der Waals surface area (Å²) in [4.78, 5) is 27.3. The average Bonchev–Trinajstić information content (AvgIpc) is 2.81. The van der Waals surface area contributed by atoms with E-state index in [0.29, 0.717) is 38.5 Å². The molecule has 2 saturated heterocycles. The molecule has 2 amide bonds. The van der Waals surface area contributed by atoms with Crippen molar-refractivity contribution in [3.63, 3.8) is 0 Å². The van der Waals surface area contributed by atoms with Crippen LogP contribution in [-0.2, 0) is 15.9 Å². The molecule has 2 aromatic carbocycles. The molecule has 10 heteroatoms. The van der Waals surface area contributed by atoms with Gasteiger partial charge < -0.3 is 19.3 Å². The zero-order valence-corrected chi connectivity index (χ0v) is 27.5. The minimum atomic E-state index is -0.539. The number of hydrogen-bond acceptors (Lipinski definition) is 4. The van der Waals surface area contributed by atoms with E-state index in [-0.39, 0.29) is 34.1 Å². The fourth-order valence-corrected chi connectivity index (χ4v) is 7.11. The van der Waals surface area contributed by atoms with Crippen LogP contribution < -0.4 is 0 Å². The summed E-state index contributed by atoms with van der Waals surface area (Å²) in [7, 11) is 0. The van der Waals surface area contributed by atoms with Crippen molar-refractivity contribution in [3.05, 3.63) is 76.4 Å². The Hall–Kier alpha value is -3.56. The molecular weight excluding hydrogens is 600 g/mol. The molecule has 250 valence electrons. The third kappa shape index (κ3) is 7.69. The maximum Gasteiger partial charge on any atom is 0.410 e. The number of likely N-dealkylation sites (tertiary alicyclic amines) is 2. The van der Waals surface area contributed by atoms with Crippen LogP contribution in [0.4, 0.5) is 27.2 Å². The molecule has 0 bridgehead atoms. The number of carbonyl (C=O) groups is 2. The Bertz CT molecular complexity index is 1460. The first-order chi connectivity index (χ1) is 21.3. The highest BCUT2D eigenvalue weighted by Crippen LogP contribution is 2.54. The summed E-state index contributed by atoms with van der Waals surface area (Å²) >= 11 is 0. The van der Waals surface area contributed by atoms with E-state index < -0.39 is 34.5 Å². The summed E-state index contributed by atoms with van der Waals surface area (Å²) in [5.74, 6) is -1.71. The lowest BCUT2D eigenvalue weighted by Gasteiger charge is -2.59. The van der Waals surface area contributed by atoms with Crippen LogP contribution in [0.25, 0.3) is 6.08 Å². The first-order valence-corrected chi connectivity index (χ1v) is 15.9. The van der Waals surface area contributed by atoms with Gasteiger partial charge in [0.1, 0.15) is 34.5 Å². The summed E-state index contributed by atoms with van der Waals surface area (Å²) in [6.07, 6.45) is 4.87. The third-order valence-corrected chi connectivity index (χ3v) is 8.96. The quantitative estimate of drug-likeness (QED) is 0.315. The van der Waals surface area contributed by atoms with Gasteiger partial charge in [-0.05, 0) is 110 Å². The average molecular weight is 645 g/mol. The number of halogens is 4. The molecule has 0 radical (unpaired) electrons. The van der Waals surface area contributed by atoms with Gasteiger partial charge in [0.15, 0.2) is 0 Å². The third-order valence-electron chi connectivity index (χ3n) is 8.96. The monoisotopic (exact) mass is 644 g/mol. The van der Waals surface area contributed by atoms with Gasteiger partial charge in [-0.3, -0.25) is 0 Å². The number of ether oxygens (including phenoxy) is 2. The van der Waals surface area contributed by atoms with Gasteiger partial charge in [-0.15, -0.1) is 0 Å². The molecule has 0 unspecified atom stereocenters. The number of benzene rings is 2. The van der Waals surface area contributed by atoms with Crippen LogP contribution in [0.2, 0.25) is 0 Å². The molecule has 2 heterocycles. The highest BCUT2D eigenvalue weighted by molar-refractivity contribution is 5.70. The second kappa shape index (κ2) is 12.2. The van der Waals surface area contributed by atoms with Gasteiger partial charge in [0.2, 0.25) is 0 Å². The van der Waals surface area contributed by atoms with Gasteiger partial charge in [-0.1, -0.05) is 17.7 Å². The molecule has 2 aliphatic carbocycles. The highest BCUT2D eigenvalue weighted by Gasteiger charge is 2.54. The zero-order valence-electron chi connectivity index (χ0n) is 27.5. The van der Waals surface area contributed by atoms with E-state index in [4.69, 9.17) is 9.47 Å². The Kier molecular flexibility index (Phi) is 8.98. The summed E-state index contributed by atoms with van der Waals surface area (Å²) in [5, 5.41) is 0. The van der Waals surface area contributed by atoms with Crippen molar-refractivity contribution < 1.29 is 36.6 Å². The predicted molar refractivity (Wildman–Crippen MR) is 167 cm³/mol. The van der Waals surface area contributed by atoms with Crippen LogP contribution in [0.1, 0.15) is 78.4 Å². The van der Waals surface area contributed by atoms with Crippen LogP contribution in [0.15, 0.2) is 42.0 Å². The van der Waals surface area contributed by atoms with E-state index in [1.165, 1.54) is 36.4 Å². The Morgan fingerprint density at radius 1 is 0.739 bits per heavy atom. The Morgan fingerprint density at radius 3 is 1.59 bits per heavy atom. The smallest absolute Gasteiger partial charge is 0.410 e. The molecule has 2 spiro atoms. The Balaban J connectivity index is 0.000000181. The molecule has 2 saturated carbocycles. The van der Waals surface area contributed by atoms with E-state index in [1.54, 1.807) is 15.9 Å². The van der Waals surface area contributed by atoms with Gasteiger partial charge in [-0.2, -0.15) is 0 Å². The largest absolute Gasteiger partial charge is 0.444 e. The maximum atomic E-state index is 13.7. The zero-order chi connectivity index (χ0) is 33.7. The first-order valence-electron chi connectivity index (χ1n) is 15.9. The van der Waals surface area contributed by atoms with Crippen LogP contribution in [0, 0.1) is 40.0 Å². The molecule has 4 aliphatic rings. The minimum absolute atomic E-state index is 0.0284. The molecule has 6 nitrogen and oxygen atoms in total. The number of nitrogens with zero attached hydrogens (tertiary/aromatic N) is 2. The Morgan fingerprint density at radius 2 is 1.15 bits per heavy atom. The molecule has 4 fully saturated rings. The van der Waals surface area contributed by atoms with Crippen molar-refractivity contribution in [2.24, 2.45) is 16.7 Å². The molecule has 0 atom stereocenters. The Labute approximate surface area is 268 Å². The van der Waals surface area contributed by atoms with Crippen molar-refractivity contribution in [1.29, 1.82) is 0 Å². The SMILES string of the molecule is CC(C)(C)OC(=O)N1CC2(CC(=Cc3c(F)cccc3F)C2)C1.CC(C)(C)OC(=O)N1CC2(CC(Cc3c(F)cccc3F)C2)C1. The van der Waals surface area contributed by atoms with E-state index >= 15 is 0 Å². The number of allylic oxidation sites excluding steroid dienone is 1. The molecule has 6 rings (SSSR count). The van der Waals surface area contributed by atoms with Gasteiger partial charge >= 0.3 is 12.2 Å². The van der Waals surface area contributed by atoms with E-state index in [2.05, 4.69) is 0 Å². The molecule has 46 heavy (non-hydrogen) atoms. The summed E-state index contributed by atoms with van der Waals surface area (Å²) in [6.45, 7) is 13.8. The normalized spacial score (nSPS) is 19.7. The standard InChI is InChI=1S/C18H23F2NO2.C18H21F2NO2/c2*1-17(2,3)23-16(22)21-10-18(11-21)8-12(9-18)7-13-14(19)5-4-6-15(13)20/h4-6,12H,7-11H2,1-3H3;4-7H,8-11H2,1-3H3.